The number of rotatable bonds is 12. The minimum Gasteiger partial charge on any atom is -0.477 e. The number of carbonyl (C=O) groups is 1. The lowest BCUT2D eigenvalue weighted by molar-refractivity contribution is 0.0998. The van der Waals surface area contributed by atoms with Crippen LogP contribution in [0.5, 0.6) is 5.88 Å². The Labute approximate surface area is 245 Å². The molecule has 220 valence electrons. The lowest BCUT2D eigenvalue weighted by Crippen LogP contribution is -2.44. The molecule has 3 N–H and O–H groups in total. The molecule has 2 aliphatic rings. The van der Waals surface area contributed by atoms with Crippen LogP contribution in [0.2, 0.25) is 0 Å². The number of ether oxygens (including phenoxy) is 1. The number of aromatic nitrogens is 4. The molecule has 13 heteroatoms. The van der Waals surface area contributed by atoms with E-state index in [1.807, 2.05) is 6.92 Å². The number of amides is 1. The number of pyridine rings is 1. The second kappa shape index (κ2) is 12.4. The molecular weight excluding hydrogens is 562 g/mol. The number of piperidine rings is 1. The van der Waals surface area contributed by atoms with Gasteiger partial charge in [0.15, 0.2) is 5.01 Å². The van der Waals surface area contributed by atoms with Crippen molar-refractivity contribution in [3.05, 3.63) is 47.1 Å². The van der Waals surface area contributed by atoms with Crippen molar-refractivity contribution in [1.29, 1.82) is 0 Å². The summed E-state index contributed by atoms with van der Waals surface area (Å²) in [4.78, 5) is 33.9. The lowest BCUT2D eigenvalue weighted by atomic mass is 9.86. The van der Waals surface area contributed by atoms with E-state index in [1.165, 1.54) is 11.3 Å². The summed E-state index contributed by atoms with van der Waals surface area (Å²) in [6.45, 7) is 7.71. The lowest BCUT2D eigenvalue weighted by Gasteiger charge is -2.40. The smallest absolute Gasteiger partial charge is 0.277 e. The SMILES string of the molecule is CCOc1cncc(-c2sc(C(N)=O)nc2[C@@H](C[C@H]2CCCCN2C(C)C)c2cc(NS(=O)(=O)C3CC3)ccn2)n1. The first-order valence-corrected chi connectivity index (χ1v) is 16.5. The highest BCUT2D eigenvalue weighted by molar-refractivity contribution is 7.93. The molecule has 1 amide bonds. The van der Waals surface area contributed by atoms with Crippen molar-refractivity contribution in [2.45, 2.75) is 82.5 Å². The molecule has 3 aromatic rings. The number of nitrogens with two attached hydrogens (primary N) is 1. The van der Waals surface area contributed by atoms with Crippen LogP contribution in [0.1, 0.15) is 86.4 Å². The van der Waals surface area contributed by atoms with Crippen LogP contribution in [0.15, 0.2) is 30.7 Å². The molecule has 1 saturated heterocycles. The van der Waals surface area contributed by atoms with Gasteiger partial charge in [0.05, 0.1) is 46.2 Å². The average molecular weight is 600 g/mol. The molecule has 4 heterocycles. The van der Waals surface area contributed by atoms with Gasteiger partial charge in [0.2, 0.25) is 15.9 Å². The Morgan fingerprint density at radius 3 is 2.73 bits per heavy atom. The van der Waals surface area contributed by atoms with Gasteiger partial charge in [-0.15, -0.1) is 11.3 Å². The van der Waals surface area contributed by atoms with Crippen LogP contribution in [0.4, 0.5) is 5.69 Å². The number of carbonyl (C=O) groups excluding carboxylic acids is 1. The molecule has 5 rings (SSSR count). The summed E-state index contributed by atoms with van der Waals surface area (Å²) in [5.41, 5.74) is 7.98. The Kier molecular flexibility index (Phi) is 8.85. The predicted molar refractivity (Wildman–Crippen MR) is 159 cm³/mol. The molecule has 1 saturated carbocycles. The molecule has 3 aromatic heterocycles. The van der Waals surface area contributed by atoms with E-state index < -0.39 is 15.9 Å². The topological polar surface area (TPSA) is 153 Å². The Morgan fingerprint density at radius 1 is 1.22 bits per heavy atom. The number of hydrogen-bond donors (Lipinski definition) is 2. The molecule has 1 aliphatic carbocycles. The first-order valence-electron chi connectivity index (χ1n) is 14.1. The van der Waals surface area contributed by atoms with Crippen molar-refractivity contribution in [3.8, 4) is 16.5 Å². The van der Waals surface area contributed by atoms with E-state index in [1.54, 1.807) is 30.7 Å². The average Bonchev–Trinajstić information content (AvgIpc) is 3.72. The van der Waals surface area contributed by atoms with Crippen molar-refractivity contribution in [1.82, 2.24) is 24.8 Å². The maximum atomic E-state index is 12.7. The third-order valence-corrected chi connectivity index (χ3v) is 10.5. The third-order valence-electron chi connectivity index (χ3n) is 7.54. The number of nitrogens with one attached hydrogen (secondary N) is 1. The summed E-state index contributed by atoms with van der Waals surface area (Å²) in [6, 6.07) is 4.04. The highest BCUT2D eigenvalue weighted by atomic mass is 32.2. The molecule has 0 aromatic carbocycles. The minimum atomic E-state index is -3.46. The molecule has 2 fully saturated rings. The summed E-state index contributed by atoms with van der Waals surface area (Å²) in [6.07, 6.45) is 10.1. The van der Waals surface area contributed by atoms with Gasteiger partial charge in [0.25, 0.3) is 5.91 Å². The van der Waals surface area contributed by atoms with E-state index in [0.29, 0.717) is 65.4 Å². The second-order valence-electron chi connectivity index (χ2n) is 10.9. The summed E-state index contributed by atoms with van der Waals surface area (Å²) in [7, 11) is -3.46. The van der Waals surface area contributed by atoms with Crippen molar-refractivity contribution < 1.29 is 17.9 Å². The molecule has 0 bridgehead atoms. The predicted octanol–water partition coefficient (Wildman–Crippen LogP) is 4.18. The van der Waals surface area contributed by atoms with Crippen LogP contribution < -0.4 is 15.2 Å². The van der Waals surface area contributed by atoms with Gasteiger partial charge in [-0.3, -0.25) is 24.4 Å². The van der Waals surface area contributed by atoms with Gasteiger partial charge in [0.1, 0.15) is 5.69 Å². The molecular formula is C28H37N7O4S2. The first kappa shape index (κ1) is 29.3. The van der Waals surface area contributed by atoms with Gasteiger partial charge in [-0.25, -0.2) is 18.4 Å². The molecule has 0 spiro atoms. The summed E-state index contributed by atoms with van der Waals surface area (Å²) >= 11 is 1.17. The largest absolute Gasteiger partial charge is 0.477 e. The van der Waals surface area contributed by atoms with Gasteiger partial charge in [-0.2, -0.15) is 0 Å². The van der Waals surface area contributed by atoms with Gasteiger partial charge in [-0.1, -0.05) is 6.42 Å². The summed E-state index contributed by atoms with van der Waals surface area (Å²) < 4.78 is 33.8. The zero-order valence-corrected chi connectivity index (χ0v) is 25.2. The maximum Gasteiger partial charge on any atom is 0.277 e. The fourth-order valence-electron chi connectivity index (χ4n) is 5.46. The van der Waals surface area contributed by atoms with E-state index in [0.717, 1.165) is 25.8 Å². The Morgan fingerprint density at radius 2 is 2.02 bits per heavy atom. The van der Waals surface area contributed by atoms with E-state index in [2.05, 4.69) is 33.4 Å². The molecule has 11 nitrogen and oxygen atoms in total. The minimum absolute atomic E-state index is 0.165. The van der Waals surface area contributed by atoms with Crippen molar-refractivity contribution in [2.75, 3.05) is 17.9 Å². The van der Waals surface area contributed by atoms with Gasteiger partial charge >= 0.3 is 0 Å². The number of thiazole rings is 1. The number of primary amides is 1. The quantitative estimate of drug-likeness (QED) is 0.312. The number of nitrogens with zero attached hydrogens (tertiary/aromatic N) is 5. The fraction of sp³-hybridized carbons (Fsp3) is 0.536. The second-order valence-corrected chi connectivity index (χ2v) is 13.8. The Bertz CT molecular complexity index is 1490. The Balaban J connectivity index is 1.61. The standard InChI is InChI=1S/C28H37N7O4S2/c1-4-39-24-16-30-15-23(32-24)26-25(33-28(40-26)27(29)36)21(14-19-7-5-6-12-35(19)17(2)3)22-13-18(10-11-31-22)34-41(37,38)20-8-9-20/h10-11,13,15-17,19-21H,4-9,12,14H2,1-3H3,(H2,29,36)(H,31,34)/t19-,21+/m1/s1. The van der Waals surface area contributed by atoms with Gasteiger partial charge in [-0.05, 0) is 71.6 Å². The number of anilines is 1. The van der Waals surface area contributed by atoms with E-state index >= 15 is 0 Å². The highest BCUT2D eigenvalue weighted by Gasteiger charge is 2.36. The van der Waals surface area contributed by atoms with E-state index in [-0.39, 0.29) is 22.2 Å². The van der Waals surface area contributed by atoms with Crippen molar-refractivity contribution >= 4 is 33.0 Å². The fourth-order valence-corrected chi connectivity index (χ4v) is 7.77. The van der Waals surface area contributed by atoms with Crippen LogP contribution in [-0.2, 0) is 10.0 Å². The normalized spacial score (nSPS) is 18.8. The van der Waals surface area contributed by atoms with E-state index in [9.17, 15) is 13.2 Å². The molecule has 41 heavy (non-hydrogen) atoms. The third kappa shape index (κ3) is 6.84. The zero-order chi connectivity index (χ0) is 29.1. The van der Waals surface area contributed by atoms with Crippen molar-refractivity contribution in [3.63, 3.8) is 0 Å². The van der Waals surface area contributed by atoms with Crippen molar-refractivity contribution in [2.24, 2.45) is 5.73 Å². The molecule has 2 atom stereocenters. The summed E-state index contributed by atoms with van der Waals surface area (Å²) in [5, 5.41) is -0.185. The zero-order valence-electron chi connectivity index (χ0n) is 23.6. The van der Waals surface area contributed by atoms with Crippen LogP contribution in [-0.4, -0.2) is 69.6 Å². The number of sulfonamides is 1. The van der Waals surface area contributed by atoms with E-state index in [4.69, 9.17) is 20.4 Å². The summed E-state index contributed by atoms with van der Waals surface area (Å²) in [5.74, 6) is -0.619. The molecule has 1 aliphatic heterocycles. The molecule has 0 radical (unpaired) electrons. The maximum absolute atomic E-state index is 12.7. The highest BCUT2D eigenvalue weighted by Crippen LogP contribution is 2.41. The van der Waals surface area contributed by atoms with Crippen LogP contribution in [0.25, 0.3) is 10.6 Å². The molecule has 0 unspecified atom stereocenters. The monoisotopic (exact) mass is 599 g/mol. The van der Waals surface area contributed by atoms with Gasteiger partial charge in [0, 0.05) is 24.2 Å². The number of likely N-dealkylation sites (tertiary alicyclic amines) is 1. The Hall–Kier alpha value is -3.16. The number of hydrogen-bond acceptors (Lipinski definition) is 10. The van der Waals surface area contributed by atoms with Gasteiger partial charge < -0.3 is 10.5 Å². The van der Waals surface area contributed by atoms with Crippen LogP contribution >= 0.6 is 11.3 Å². The van der Waals surface area contributed by atoms with Crippen LogP contribution in [0.3, 0.4) is 0 Å². The first-order chi connectivity index (χ1) is 19.7. The van der Waals surface area contributed by atoms with Crippen LogP contribution in [0, 0.1) is 0 Å².